The van der Waals surface area contributed by atoms with Gasteiger partial charge >= 0.3 is 0 Å². The molecule has 1 unspecified atom stereocenters. The minimum atomic E-state index is -0.412. The molecular formula is C23H33NO. The molecule has 25 heavy (non-hydrogen) atoms. The second-order valence-corrected chi connectivity index (χ2v) is 7.24. The number of rotatable bonds is 5. The summed E-state index contributed by atoms with van der Waals surface area (Å²) in [5.74, 6) is 6.27. The molecular weight excluding hydrogens is 306 g/mol. The normalized spacial score (nSPS) is 12.2. The minimum absolute atomic E-state index is 0.00538. The van der Waals surface area contributed by atoms with Gasteiger partial charge in [-0.05, 0) is 44.2 Å². The first-order chi connectivity index (χ1) is 11.8. The van der Waals surface area contributed by atoms with Crippen molar-refractivity contribution in [3.05, 3.63) is 48.0 Å². The Bertz CT molecular complexity index is 698. The topological polar surface area (TPSA) is 23.5 Å². The lowest BCUT2D eigenvalue weighted by atomic mass is 9.97. The van der Waals surface area contributed by atoms with Crippen LogP contribution in [0.3, 0.4) is 0 Å². The third kappa shape index (κ3) is 7.73. The van der Waals surface area contributed by atoms with E-state index in [4.69, 9.17) is 0 Å². The molecule has 0 aliphatic rings. The first-order valence-electron chi connectivity index (χ1n) is 9.18. The Morgan fingerprint density at radius 2 is 1.68 bits per heavy atom. The summed E-state index contributed by atoms with van der Waals surface area (Å²) in [6.07, 6.45) is 0.113. The molecule has 0 aromatic heterocycles. The Morgan fingerprint density at radius 3 is 2.36 bits per heavy atom. The predicted molar refractivity (Wildman–Crippen MR) is 109 cm³/mol. The summed E-state index contributed by atoms with van der Waals surface area (Å²) in [7, 11) is 2.04. The molecule has 0 saturated heterocycles. The molecule has 0 amide bonds. The fourth-order valence-corrected chi connectivity index (χ4v) is 2.64. The third-order valence-corrected chi connectivity index (χ3v) is 3.64. The van der Waals surface area contributed by atoms with Crippen molar-refractivity contribution in [3.8, 4) is 11.8 Å². The van der Waals surface area contributed by atoms with Gasteiger partial charge in [-0.3, -0.25) is 4.90 Å². The van der Waals surface area contributed by atoms with E-state index in [1.165, 1.54) is 16.3 Å². The van der Waals surface area contributed by atoms with Crippen molar-refractivity contribution in [1.29, 1.82) is 0 Å². The molecule has 0 radical (unpaired) electrons. The van der Waals surface area contributed by atoms with E-state index in [9.17, 15) is 5.11 Å². The van der Waals surface area contributed by atoms with Gasteiger partial charge in [-0.2, -0.15) is 0 Å². The Hall–Kier alpha value is -1.82. The zero-order valence-corrected chi connectivity index (χ0v) is 16.6. The fraction of sp³-hybridized carbons (Fsp3) is 0.478. The molecule has 136 valence electrons. The highest BCUT2D eigenvalue weighted by Gasteiger charge is 2.10. The number of likely N-dealkylation sites (N-methyl/N-ethyl adjacent to an activating group) is 1. The molecule has 1 atom stereocenters. The van der Waals surface area contributed by atoms with E-state index < -0.39 is 6.10 Å². The van der Waals surface area contributed by atoms with Crippen molar-refractivity contribution in [2.75, 3.05) is 13.6 Å². The number of nitrogens with zero attached hydrogens (tertiary/aromatic N) is 1. The zero-order valence-electron chi connectivity index (χ0n) is 16.6. The fourth-order valence-electron chi connectivity index (χ4n) is 2.64. The van der Waals surface area contributed by atoms with Gasteiger partial charge in [0.15, 0.2) is 0 Å². The molecule has 2 heteroatoms. The number of fused-ring (bicyclic) bond motifs is 1. The number of aliphatic hydroxyl groups excluding tert-OH is 1. The van der Waals surface area contributed by atoms with Crippen LogP contribution in [0.1, 0.15) is 46.6 Å². The molecule has 0 spiro atoms. The van der Waals surface area contributed by atoms with E-state index in [1.54, 1.807) is 0 Å². The Morgan fingerprint density at radius 1 is 1.04 bits per heavy atom. The number of hydrogen-bond donors (Lipinski definition) is 1. The Labute approximate surface area is 153 Å². The van der Waals surface area contributed by atoms with Crippen LogP contribution in [-0.2, 0) is 6.54 Å². The SMILES string of the molecule is CC.CN(Cc1cccc2ccccc12)CC(O)CC#CC(C)(C)C. The van der Waals surface area contributed by atoms with Crippen molar-refractivity contribution in [3.63, 3.8) is 0 Å². The van der Waals surface area contributed by atoms with Gasteiger partial charge in [0, 0.05) is 24.9 Å². The van der Waals surface area contributed by atoms with Gasteiger partial charge in [-0.15, -0.1) is 5.92 Å². The smallest absolute Gasteiger partial charge is 0.0776 e. The lowest BCUT2D eigenvalue weighted by Crippen LogP contribution is -2.28. The zero-order chi connectivity index (χ0) is 18.9. The van der Waals surface area contributed by atoms with Crippen molar-refractivity contribution in [2.45, 2.75) is 53.7 Å². The van der Waals surface area contributed by atoms with Crippen LogP contribution in [0, 0.1) is 17.3 Å². The highest BCUT2D eigenvalue weighted by Crippen LogP contribution is 2.19. The van der Waals surface area contributed by atoms with Gasteiger partial charge in [0.05, 0.1) is 6.10 Å². The van der Waals surface area contributed by atoms with Gasteiger partial charge in [0.2, 0.25) is 0 Å². The van der Waals surface area contributed by atoms with E-state index in [2.05, 4.69) is 80.0 Å². The van der Waals surface area contributed by atoms with Crippen LogP contribution in [-0.4, -0.2) is 29.7 Å². The van der Waals surface area contributed by atoms with E-state index in [0.29, 0.717) is 13.0 Å². The van der Waals surface area contributed by atoms with Crippen molar-refractivity contribution in [1.82, 2.24) is 4.90 Å². The first-order valence-corrected chi connectivity index (χ1v) is 9.18. The average Bonchev–Trinajstić information content (AvgIpc) is 2.55. The molecule has 0 saturated carbocycles. The van der Waals surface area contributed by atoms with Gasteiger partial charge in [-0.25, -0.2) is 0 Å². The van der Waals surface area contributed by atoms with Crippen LogP contribution < -0.4 is 0 Å². The second-order valence-electron chi connectivity index (χ2n) is 7.24. The largest absolute Gasteiger partial charge is 0.391 e. The summed E-state index contributed by atoms with van der Waals surface area (Å²) < 4.78 is 0. The van der Waals surface area contributed by atoms with E-state index in [0.717, 1.165) is 6.54 Å². The van der Waals surface area contributed by atoms with Crippen LogP contribution in [0.15, 0.2) is 42.5 Å². The van der Waals surface area contributed by atoms with Crippen LogP contribution in [0.5, 0.6) is 0 Å². The van der Waals surface area contributed by atoms with Gasteiger partial charge in [0.1, 0.15) is 0 Å². The van der Waals surface area contributed by atoms with Crippen molar-refractivity contribution < 1.29 is 5.11 Å². The summed E-state index contributed by atoms with van der Waals surface area (Å²) in [6, 6.07) is 14.8. The number of benzene rings is 2. The van der Waals surface area contributed by atoms with E-state index in [-0.39, 0.29) is 5.41 Å². The quantitative estimate of drug-likeness (QED) is 0.766. The highest BCUT2D eigenvalue weighted by atomic mass is 16.3. The molecule has 0 fully saturated rings. The van der Waals surface area contributed by atoms with E-state index in [1.807, 2.05) is 20.9 Å². The lowest BCUT2D eigenvalue weighted by molar-refractivity contribution is 0.127. The average molecular weight is 340 g/mol. The molecule has 0 bridgehead atoms. The summed E-state index contributed by atoms with van der Waals surface area (Å²) in [6.45, 7) is 11.7. The Kier molecular flexibility index (Phi) is 8.69. The second kappa shape index (κ2) is 10.2. The molecule has 1 N–H and O–H groups in total. The lowest BCUT2D eigenvalue weighted by Gasteiger charge is -2.20. The van der Waals surface area contributed by atoms with Crippen molar-refractivity contribution in [2.24, 2.45) is 5.41 Å². The van der Waals surface area contributed by atoms with Gasteiger partial charge in [-0.1, -0.05) is 62.2 Å². The van der Waals surface area contributed by atoms with Crippen LogP contribution in [0.4, 0.5) is 0 Å². The number of aliphatic hydroxyl groups is 1. The van der Waals surface area contributed by atoms with Crippen LogP contribution in [0.2, 0.25) is 0 Å². The predicted octanol–water partition coefficient (Wildman–Crippen LogP) is 5.10. The molecule has 2 aromatic carbocycles. The maximum Gasteiger partial charge on any atom is 0.0776 e. The molecule has 2 aromatic rings. The van der Waals surface area contributed by atoms with Crippen LogP contribution >= 0.6 is 0 Å². The summed E-state index contributed by atoms with van der Waals surface area (Å²) in [4.78, 5) is 2.16. The maximum atomic E-state index is 10.2. The summed E-state index contributed by atoms with van der Waals surface area (Å²) in [5.41, 5.74) is 1.28. The highest BCUT2D eigenvalue weighted by molar-refractivity contribution is 5.85. The summed E-state index contributed by atoms with van der Waals surface area (Å²) >= 11 is 0. The van der Waals surface area contributed by atoms with Gasteiger partial charge < -0.3 is 5.11 Å². The third-order valence-electron chi connectivity index (χ3n) is 3.64. The molecule has 2 nitrogen and oxygen atoms in total. The maximum absolute atomic E-state index is 10.2. The molecule has 2 rings (SSSR count). The summed E-state index contributed by atoms with van der Waals surface area (Å²) in [5, 5.41) is 12.7. The number of hydrogen-bond acceptors (Lipinski definition) is 2. The minimum Gasteiger partial charge on any atom is -0.391 e. The molecule has 0 heterocycles. The molecule has 0 aliphatic heterocycles. The standard InChI is InChI=1S/C21H27NO.C2H6/c1-21(2,3)14-8-12-19(23)16-22(4)15-18-11-7-10-17-9-5-6-13-20(17)18;1-2/h5-7,9-11,13,19,23H,12,15-16H2,1-4H3;1-2H3. The van der Waals surface area contributed by atoms with Gasteiger partial charge in [0.25, 0.3) is 0 Å². The van der Waals surface area contributed by atoms with Crippen molar-refractivity contribution >= 4 is 10.8 Å². The van der Waals surface area contributed by atoms with E-state index >= 15 is 0 Å². The first kappa shape index (κ1) is 21.2. The van der Waals surface area contributed by atoms with Crippen LogP contribution in [0.25, 0.3) is 10.8 Å². The molecule has 0 aliphatic carbocycles. The Balaban J connectivity index is 0.00000151. The monoisotopic (exact) mass is 339 g/mol.